The number of carbonyl (C=O) groups excluding carboxylic acids is 2. The minimum absolute atomic E-state index is 0.00317. The Morgan fingerprint density at radius 3 is 2.18 bits per heavy atom. The smallest absolute Gasteiger partial charge is 0.255 e. The van der Waals surface area contributed by atoms with Gasteiger partial charge in [0.05, 0.1) is 11.6 Å². The maximum atomic E-state index is 12.6. The number of nitriles is 1. The predicted octanol–water partition coefficient (Wildman–Crippen LogP) is 2.90. The van der Waals surface area contributed by atoms with E-state index >= 15 is 0 Å². The van der Waals surface area contributed by atoms with E-state index in [2.05, 4.69) is 0 Å². The third kappa shape index (κ3) is 3.21. The average molecular weight is 292 g/mol. The van der Waals surface area contributed by atoms with Crippen LogP contribution in [0, 0.1) is 11.3 Å². The van der Waals surface area contributed by atoms with Crippen molar-refractivity contribution in [2.45, 2.75) is 6.92 Å². The Balaban J connectivity index is 2.41. The third-order valence-corrected chi connectivity index (χ3v) is 3.37. The van der Waals surface area contributed by atoms with E-state index in [1.807, 2.05) is 12.1 Å². The molecule has 0 saturated heterocycles. The van der Waals surface area contributed by atoms with Crippen molar-refractivity contribution in [2.24, 2.45) is 0 Å². The molecule has 22 heavy (non-hydrogen) atoms. The molecule has 0 N–H and O–H groups in total. The summed E-state index contributed by atoms with van der Waals surface area (Å²) < 4.78 is 0. The van der Waals surface area contributed by atoms with Crippen molar-refractivity contribution in [2.75, 3.05) is 13.1 Å². The Kier molecular flexibility index (Phi) is 5.05. The van der Waals surface area contributed by atoms with Gasteiger partial charge in [0, 0.05) is 17.7 Å². The van der Waals surface area contributed by atoms with E-state index in [1.54, 1.807) is 55.5 Å². The maximum Gasteiger partial charge on any atom is 0.255 e. The monoisotopic (exact) mass is 292 g/mol. The summed E-state index contributed by atoms with van der Waals surface area (Å²) in [7, 11) is 0. The van der Waals surface area contributed by atoms with Crippen LogP contribution in [-0.2, 0) is 0 Å². The van der Waals surface area contributed by atoms with E-state index in [0.29, 0.717) is 23.2 Å². The molecule has 0 radical (unpaired) electrons. The second-order valence-corrected chi connectivity index (χ2v) is 4.72. The van der Waals surface area contributed by atoms with E-state index in [4.69, 9.17) is 5.26 Å². The number of amides is 1. The Morgan fingerprint density at radius 2 is 1.59 bits per heavy atom. The first-order chi connectivity index (χ1) is 10.7. The lowest BCUT2D eigenvalue weighted by atomic mass is 9.97. The maximum absolute atomic E-state index is 12.6. The van der Waals surface area contributed by atoms with Gasteiger partial charge in [0.2, 0.25) is 0 Å². The van der Waals surface area contributed by atoms with Crippen molar-refractivity contribution in [3.05, 3.63) is 71.3 Å². The van der Waals surface area contributed by atoms with Gasteiger partial charge in [-0.1, -0.05) is 48.5 Å². The molecule has 0 bridgehead atoms. The third-order valence-electron chi connectivity index (χ3n) is 3.37. The zero-order chi connectivity index (χ0) is 15.9. The van der Waals surface area contributed by atoms with E-state index in [0.717, 1.165) is 0 Å². The fourth-order valence-corrected chi connectivity index (χ4v) is 2.20. The van der Waals surface area contributed by atoms with Crippen LogP contribution in [0.4, 0.5) is 0 Å². The molecule has 0 saturated carbocycles. The second kappa shape index (κ2) is 7.19. The first kappa shape index (κ1) is 15.5. The quantitative estimate of drug-likeness (QED) is 0.629. The predicted molar refractivity (Wildman–Crippen MR) is 83.5 cm³/mol. The van der Waals surface area contributed by atoms with Gasteiger partial charge in [-0.25, -0.2) is 0 Å². The molecular formula is C18H16N2O2. The van der Waals surface area contributed by atoms with Gasteiger partial charge in [-0.15, -0.1) is 0 Å². The normalized spacial score (nSPS) is 9.82. The van der Waals surface area contributed by atoms with Crippen LogP contribution in [-0.4, -0.2) is 29.7 Å². The highest BCUT2D eigenvalue weighted by molar-refractivity contribution is 6.15. The number of benzene rings is 2. The van der Waals surface area contributed by atoms with E-state index in [1.165, 1.54) is 4.90 Å². The van der Waals surface area contributed by atoms with Crippen LogP contribution in [0.1, 0.15) is 33.2 Å². The van der Waals surface area contributed by atoms with Gasteiger partial charge in [-0.2, -0.15) is 5.26 Å². The summed E-state index contributed by atoms with van der Waals surface area (Å²) in [6.07, 6.45) is 0. The van der Waals surface area contributed by atoms with Crippen molar-refractivity contribution < 1.29 is 9.59 Å². The van der Waals surface area contributed by atoms with Gasteiger partial charge < -0.3 is 4.90 Å². The highest BCUT2D eigenvalue weighted by Crippen LogP contribution is 2.16. The van der Waals surface area contributed by atoms with Crippen molar-refractivity contribution >= 4 is 11.7 Å². The Bertz CT molecular complexity index is 717. The van der Waals surface area contributed by atoms with Crippen LogP contribution < -0.4 is 0 Å². The van der Waals surface area contributed by atoms with Crippen molar-refractivity contribution in [3.8, 4) is 6.07 Å². The van der Waals surface area contributed by atoms with Crippen molar-refractivity contribution in [1.82, 2.24) is 4.90 Å². The van der Waals surface area contributed by atoms with Gasteiger partial charge in [0.25, 0.3) is 5.91 Å². The fraction of sp³-hybridized carbons (Fsp3) is 0.167. The minimum atomic E-state index is -0.302. The van der Waals surface area contributed by atoms with Gasteiger partial charge in [0.1, 0.15) is 6.54 Å². The SMILES string of the molecule is CCN(CC#N)C(=O)c1ccccc1C(=O)c1ccccc1. The van der Waals surface area contributed by atoms with Gasteiger partial charge >= 0.3 is 0 Å². The highest BCUT2D eigenvalue weighted by atomic mass is 16.2. The Hall–Kier alpha value is -2.93. The summed E-state index contributed by atoms with van der Waals surface area (Å²) in [6.45, 7) is 2.22. The fourth-order valence-electron chi connectivity index (χ4n) is 2.20. The van der Waals surface area contributed by atoms with Crippen molar-refractivity contribution in [3.63, 3.8) is 0 Å². The first-order valence-corrected chi connectivity index (χ1v) is 7.04. The molecule has 0 aromatic heterocycles. The largest absolute Gasteiger partial charge is 0.326 e. The zero-order valence-electron chi connectivity index (χ0n) is 12.3. The van der Waals surface area contributed by atoms with Crippen LogP contribution in [0.2, 0.25) is 0 Å². The summed E-state index contributed by atoms with van der Waals surface area (Å²) in [5, 5.41) is 8.81. The van der Waals surface area contributed by atoms with Crippen LogP contribution in [0.25, 0.3) is 0 Å². The lowest BCUT2D eigenvalue weighted by molar-refractivity contribution is 0.0779. The van der Waals surface area contributed by atoms with E-state index < -0.39 is 0 Å². The molecule has 0 spiro atoms. The number of ketones is 1. The van der Waals surface area contributed by atoms with Crippen LogP contribution in [0.15, 0.2) is 54.6 Å². The lowest BCUT2D eigenvalue weighted by Crippen LogP contribution is -2.32. The summed E-state index contributed by atoms with van der Waals surface area (Å²) >= 11 is 0. The van der Waals surface area contributed by atoms with E-state index in [-0.39, 0.29) is 18.2 Å². The molecule has 2 aromatic rings. The molecule has 4 nitrogen and oxygen atoms in total. The molecule has 4 heteroatoms. The minimum Gasteiger partial charge on any atom is -0.326 e. The molecule has 0 atom stereocenters. The number of rotatable bonds is 5. The molecule has 0 aliphatic carbocycles. The average Bonchev–Trinajstić information content (AvgIpc) is 2.59. The number of nitrogens with zero attached hydrogens (tertiary/aromatic N) is 2. The summed E-state index contributed by atoms with van der Waals surface area (Å²) in [4.78, 5) is 26.6. The van der Waals surface area contributed by atoms with Gasteiger partial charge in [0.15, 0.2) is 5.78 Å². The highest BCUT2D eigenvalue weighted by Gasteiger charge is 2.21. The van der Waals surface area contributed by atoms with E-state index in [9.17, 15) is 9.59 Å². The van der Waals surface area contributed by atoms with Crippen molar-refractivity contribution in [1.29, 1.82) is 5.26 Å². The van der Waals surface area contributed by atoms with Gasteiger partial charge in [-0.3, -0.25) is 9.59 Å². The summed E-state index contributed by atoms with van der Waals surface area (Å²) in [5.74, 6) is -0.499. The molecule has 0 unspecified atom stereocenters. The van der Waals surface area contributed by atoms with Gasteiger partial charge in [-0.05, 0) is 13.0 Å². The number of carbonyl (C=O) groups is 2. The molecule has 0 fully saturated rings. The molecule has 1 amide bonds. The Morgan fingerprint density at radius 1 is 1.00 bits per heavy atom. The topological polar surface area (TPSA) is 61.2 Å². The number of hydrogen-bond donors (Lipinski definition) is 0. The lowest BCUT2D eigenvalue weighted by Gasteiger charge is -2.18. The Labute approximate surface area is 129 Å². The zero-order valence-corrected chi connectivity index (χ0v) is 12.3. The first-order valence-electron chi connectivity index (χ1n) is 7.04. The summed E-state index contributed by atoms with van der Waals surface area (Å²) in [5.41, 5.74) is 1.22. The number of hydrogen-bond acceptors (Lipinski definition) is 3. The molecule has 2 aromatic carbocycles. The standard InChI is InChI=1S/C18H16N2O2/c1-2-20(13-12-19)18(22)16-11-7-6-10-15(16)17(21)14-8-4-3-5-9-14/h3-11H,2,13H2,1H3. The molecular weight excluding hydrogens is 276 g/mol. The molecule has 0 aliphatic rings. The summed E-state index contributed by atoms with van der Waals surface area (Å²) in [6, 6.07) is 17.5. The van der Waals surface area contributed by atoms with Crippen LogP contribution >= 0.6 is 0 Å². The molecule has 110 valence electrons. The van der Waals surface area contributed by atoms with Crippen LogP contribution in [0.3, 0.4) is 0 Å². The second-order valence-electron chi connectivity index (χ2n) is 4.72. The molecule has 2 rings (SSSR count). The molecule has 0 heterocycles. The molecule has 0 aliphatic heterocycles. The van der Waals surface area contributed by atoms with Crippen LogP contribution in [0.5, 0.6) is 0 Å².